The minimum absolute atomic E-state index is 0.267. The molecular weight excluding hydrogens is 319 g/mol. The summed E-state index contributed by atoms with van der Waals surface area (Å²) >= 11 is 3.99. The predicted molar refractivity (Wildman–Crippen MR) is 73.3 cm³/mol. The molecule has 0 saturated carbocycles. The van der Waals surface area contributed by atoms with Gasteiger partial charge in [0.25, 0.3) is 0 Å². The van der Waals surface area contributed by atoms with Crippen LogP contribution in [0.25, 0.3) is 0 Å². The normalized spacial score (nSPS) is 12.4. The molecule has 1 aromatic carbocycles. The Morgan fingerprint density at radius 2 is 2.33 bits per heavy atom. The lowest BCUT2D eigenvalue weighted by Gasteiger charge is -2.12. The first-order chi connectivity index (χ1) is 7.25. The lowest BCUT2D eigenvalue weighted by molar-refractivity contribution is 0.870. The van der Waals surface area contributed by atoms with Crippen LogP contribution >= 0.6 is 33.9 Å². The van der Waals surface area contributed by atoms with Gasteiger partial charge in [-0.05, 0) is 47.7 Å². The van der Waals surface area contributed by atoms with Crippen LogP contribution in [0.2, 0.25) is 0 Å². The Morgan fingerprint density at radius 3 is 3.00 bits per heavy atom. The highest BCUT2D eigenvalue weighted by Gasteiger charge is 2.07. The molecule has 0 radical (unpaired) electrons. The van der Waals surface area contributed by atoms with Gasteiger partial charge in [0.2, 0.25) is 0 Å². The van der Waals surface area contributed by atoms with E-state index in [2.05, 4.69) is 64.1 Å². The zero-order valence-corrected chi connectivity index (χ0v) is 11.2. The maximum atomic E-state index is 4.29. The average Bonchev–Trinajstić information content (AvgIpc) is 2.70. The third-order valence-corrected chi connectivity index (χ3v) is 3.66. The van der Waals surface area contributed by atoms with Crippen molar-refractivity contribution in [1.29, 1.82) is 0 Å². The first-order valence-electron chi connectivity index (χ1n) is 4.67. The molecule has 2 rings (SSSR count). The summed E-state index contributed by atoms with van der Waals surface area (Å²) in [5.74, 6) is 0. The second-order valence-electron chi connectivity index (χ2n) is 3.25. The van der Waals surface area contributed by atoms with Gasteiger partial charge in [0, 0.05) is 20.8 Å². The number of nitrogens with zero attached hydrogens (tertiary/aromatic N) is 1. The van der Waals surface area contributed by atoms with Crippen molar-refractivity contribution in [3.63, 3.8) is 0 Å². The van der Waals surface area contributed by atoms with Gasteiger partial charge in [-0.3, -0.25) is 0 Å². The highest BCUT2D eigenvalue weighted by molar-refractivity contribution is 14.1. The number of halogens is 1. The number of thiazole rings is 1. The number of anilines is 1. The first-order valence-corrected chi connectivity index (χ1v) is 6.63. The molecule has 1 unspecified atom stereocenters. The fourth-order valence-electron chi connectivity index (χ4n) is 1.34. The Morgan fingerprint density at radius 1 is 1.47 bits per heavy atom. The number of hydrogen-bond donors (Lipinski definition) is 1. The number of benzene rings is 1. The summed E-state index contributed by atoms with van der Waals surface area (Å²) < 4.78 is 1.24. The van der Waals surface area contributed by atoms with E-state index in [-0.39, 0.29) is 6.04 Å². The second kappa shape index (κ2) is 4.94. The summed E-state index contributed by atoms with van der Waals surface area (Å²) in [7, 11) is 0. The summed E-state index contributed by atoms with van der Waals surface area (Å²) in [5.41, 5.74) is 1.14. The molecule has 0 aliphatic rings. The summed E-state index contributed by atoms with van der Waals surface area (Å²) in [6.45, 7) is 2.12. The van der Waals surface area contributed by atoms with Crippen molar-refractivity contribution in [2.75, 3.05) is 5.32 Å². The largest absolute Gasteiger partial charge is 0.376 e. The van der Waals surface area contributed by atoms with E-state index in [1.54, 1.807) is 11.3 Å². The van der Waals surface area contributed by atoms with E-state index < -0.39 is 0 Å². The second-order valence-corrected chi connectivity index (χ2v) is 5.42. The van der Waals surface area contributed by atoms with Gasteiger partial charge in [-0.2, -0.15) is 0 Å². The van der Waals surface area contributed by atoms with Gasteiger partial charge in [-0.1, -0.05) is 6.07 Å². The SMILES string of the molecule is CC(Nc1cccc(I)c1)c1nccs1. The fraction of sp³-hybridized carbons (Fsp3) is 0.182. The number of hydrogen-bond acceptors (Lipinski definition) is 3. The molecule has 2 aromatic rings. The van der Waals surface area contributed by atoms with Crippen molar-refractivity contribution in [2.24, 2.45) is 0 Å². The van der Waals surface area contributed by atoms with Crippen molar-refractivity contribution in [1.82, 2.24) is 4.98 Å². The van der Waals surface area contributed by atoms with Gasteiger partial charge in [0.15, 0.2) is 0 Å². The van der Waals surface area contributed by atoms with Crippen molar-refractivity contribution < 1.29 is 0 Å². The molecule has 0 spiro atoms. The van der Waals surface area contributed by atoms with E-state index in [1.165, 1.54) is 3.57 Å². The van der Waals surface area contributed by atoms with E-state index in [0.717, 1.165) is 10.7 Å². The summed E-state index contributed by atoms with van der Waals surface area (Å²) in [4.78, 5) is 4.29. The van der Waals surface area contributed by atoms with Crippen LogP contribution in [0, 0.1) is 3.57 Å². The van der Waals surface area contributed by atoms with Gasteiger partial charge >= 0.3 is 0 Å². The molecule has 0 bridgehead atoms. The van der Waals surface area contributed by atoms with Crippen LogP contribution in [-0.4, -0.2) is 4.98 Å². The van der Waals surface area contributed by atoms with E-state index in [0.29, 0.717) is 0 Å². The Hall–Kier alpha value is -0.620. The van der Waals surface area contributed by atoms with Gasteiger partial charge in [0.1, 0.15) is 5.01 Å². The summed E-state index contributed by atoms with van der Waals surface area (Å²) in [6.07, 6.45) is 1.84. The van der Waals surface area contributed by atoms with Crippen LogP contribution in [0.3, 0.4) is 0 Å². The topological polar surface area (TPSA) is 24.9 Å². The average molecular weight is 330 g/mol. The smallest absolute Gasteiger partial charge is 0.115 e. The molecular formula is C11H11IN2S. The maximum absolute atomic E-state index is 4.29. The molecule has 15 heavy (non-hydrogen) atoms. The van der Waals surface area contributed by atoms with Gasteiger partial charge in [0.05, 0.1) is 6.04 Å². The monoisotopic (exact) mass is 330 g/mol. The molecule has 0 aliphatic heterocycles. The molecule has 0 amide bonds. The molecule has 4 heteroatoms. The molecule has 1 aromatic heterocycles. The van der Waals surface area contributed by atoms with Crippen molar-refractivity contribution in [2.45, 2.75) is 13.0 Å². The first kappa shape index (κ1) is 10.9. The van der Waals surface area contributed by atoms with Crippen LogP contribution in [0.4, 0.5) is 5.69 Å². The van der Waals surface area contributed by atoms with Crippen LogP contribution < -0.4 is 5.32 Å². The van der Waals surface area contributed by atoms with Crippen LogP contribution in [0.1, 0.15) is 18.0 Å². The Balaban J connectivity index is 2.09. The Kier molecular flexibility index (Phi) is 3.58. The molecule has 1 N–H and O–H groups in total. The third-order valence-electron chi connectivity index (χ3n) is 2.03. The molecule has 0 aliphatic carbocycles. The molecule has 0 fully saturated rings. The molecule has 1 atom stereocenters. The van der Waals surface area contributed by atoms with Gasteiger partial charge < -0.3 is 5.32 Å². The van der Waals surface area contributed by atoms with E-state index in [4.69, 9.17) is 0 Å². The number of nitrogens with one attached hydrogen (secondary N) is 1. The lowest BCUT2D eigenvalue weighted by atomic mass is 10.3. The van der Waals surface area contributed by atoms with E-state index >= 15 is 0 Å². The third kappa shape index (κ3) is 2.92. The zero-order valence-electron chi connectivity index (χ0n) is 8.27. The van der Waals surface area contributed by atoms with Crippen molar-refractivity contribution in [3.05, 3.63) is 44.4 Å². The summed E-state index contributed by atoms with van der Waals surface area (Å²) in [5, 5.41) is 6.55. The van der Waals surface area contributed by atoms with Crippen LogP contribution in [-0.2, 0) is 0 Å². The van der Waals surface area contributed by atoms with Crippen LogP contribution in [0.15, 0.2) is 35.8 Å². The van der Waals surface area contributed by atoms with E-state index in [9.17, 15) is 0 Å². The minimum Gasteiger partial charge on any atom is -0.376 e. The zero-order chi connectivity index (χ0) is 10.7. The van der Waals surface area contributed by atoms with Crippen molar-refractivity contribution >= 4 is 39.6 Å². The molecule has 1 heterocycles. The Labute approximate surface area is 107 Å². The number of rotatable bonds is 3. The predicted octanol–water partition coefficient (Wildman–Crippen LogP) is 3.92. The maximum Gasteiger partial charge on any atom is 0.115 e. The molecule has 2 nitrogen and oxygen atoms in total. The highest BCUT2D eigenvalue weighted by Crippen LogP contribution is 2.21. The van der Waals surface area contributed by atoms with Gasteiger partial charge in [-0.25, -0.2) is 4.98 Å². The summed E-state index contributed by atoms with van der Waals surface area (Å²) in [6, 6.07) is 8.61. The standard InChI is InChI=1S/C11H11IN2S/c1-8(11-13-5-6-15-11)14-10-4-2-3-9(12)7-10/h2-8,14H,1H3. The lowest BCUT2D eigenvalue weighted by Crippen LogP contribution is -2.05. The quantitative estimate of drug-likeness (QED) is 0.863. The van der Waals surface area contributed by atoms with Crippen LogP contribution in [0.5, 0.6) is 0 Å². The number of aromatic nitrogens is 1. The highest BCUT2D eigenvalue weighted by atomic mass is 127. The van der Waals surface area contributed by atoms with Gasteiger partial charge in [-0.15, -0.1) is 11.3 Å². The van der Waals surface area contributed by atoms with E-state index in [1.807, 2.05) is 11.6 Å². The molecule has 0 saturated heterocycles. The Bertz CT molecular complexity index is 428. The molecule has 78 valence electrons. The fourth-order valence-corrected chi connectivity index (χ4v) is 2.53. The minimum atomic E-state index is 0.267. The van der Waals surface area contributed by atoms with Crippen molar-refractivity contribution in [3.8, 4) is 0 Å².